The van der Waals surface area contributed by atoms with Gasteiger partial charge >= 0.3 is 0 Å². The molecule has 0 saturated carbocycles. The van der Waals surface area contributed by atoms with Crippen LogP contribution in [0.1, 0.15) is 44.3 Å². The fourth-order valence-corrected chi connectivity index (χ4v) is 2.94. The van der Waals surface area contributed by atoms with E-state index in [1.165, 1.54) is 19.4 Å². The number of unbranched alkanes of at least 4 members (excludes halogenated alkanes) is 1. The van der Waals surface area contributed by atoms with Crippen LogP contribution < -0.4 is 10.6 Å². The molecular formula is C18H33N7. The number of hydrogen-bond acceptors (Lipinski definition) is 4. The Kier molecular flexibility index (Phi) is 7.91. The van der Waals surface area contributed by atoms with E-state index in [1.807, 2.05) is 24.6 Å². The molecule has 1 aromatic heterocycles. The molecule has 1 saturated heterocycles. The first kappa shape index (κ1) is 19.4. The molecule has 0 radical (unpaired) electrons. The average molecular weight is 348 g/mol. The second-order valence-corrected chi connectivity index (χ2v) is 6.67. The Morgan fingerprint density at radius 2 is 2.12 bits per heavy atom. The summed E-state index contributed by atoms with van der Waals surface area (Å²) in [5.41, 5.74) is 0. The minimum Gasteiger partial charge on any atom is -0.354 e. The van der Waals surface area contributed by atoms with Crippen LogP contribution in [0.25, 0.3) is 0 Å². The summed E-state index contributed by atoms with van der Waals surface area (Å²) in [6.07, 6.45) is 6.71. The van der Waals surface area contributed by atoms with Gasteiger partial charge in [-0.2, -0.15) is 0 Å². The fraction of sp³-hybridized carbons (Fsp3) is 0.722. The normalized spacial score (nSPS) is 16.8. The lowest BCUT2D eigenvalue weighted by atomic mass is 10.0. The van der Waals surface area contributed by atoms with Crippen LogP contribution in [0.4, 0.5) is 0 Å². The Bertz CT molecular complexity index is 556. The van der Waals surface area contributed by atoms with Crippen LogP contribution in [0.5, 0.6) is 0 Å². The van der Waals surface area contributed by atoms with Crippen LogP contribution in [-0.2, 0) is 13.6 Å². The second-order valence-electron chi connectivity index (χ2n) is 6.67. The van der Waals surface area contributed by atoms with Crippen molar-refractivity contribution in [3.05, 3.63) is 24.3 Å². The molecule has 2 rings (SSSR count). The quantitative estimate of drug-likeness (QED) is 0.425. The SMILES string of the molecule is C=CCNC(=NCc1nnc(C)n1C)NC1CCN(CCCC)CC1. The third-order valence-corrected chi connectivity index (χ3v) is 4.73. The molecule has 25 heavy (non-hydrogen) atoms. The lowest BCUT2D eigenvalue weighted by Crippen LogP contribution is -2.48. The molecule has 7 nitrogen and oxygen atoms in total. The zero-order valence-corrected chi connectivity index (χ0v) is 16.0. The summed E-state index contributed by atoms with van der Waals surface area (Å²) in [5.74, 6) is 2.59. The third-order valence-electron chi connectivity index (χ3n) is 4.73. The zero-order valence-electron chi connectivity index (χ0n) is 16.0. The first-order valence-corrected chi connectivity index (χ1v) is 9.37. The van der Waals surface area contributed by atoms with E-state index in [9.17, 15) is 0 Å². The minimum atomic E-state index is 0.468. The number of aryl methyl sites for hydroxylation is 1. The standard InChI is InChI=1S/C18H33N7/c1-5-7-11-25-12-8-16(9-13-25)21-18(19-10-6-2)20-14-17-23-22-15(3)24(17)4/h6,16H,2,5,7-14H2,1,3-4H3,(H2,19,20,21). The van der Waals surface area contributed by atoms with E-state index in [1.54, 1.807) is 0 Å². The molecular weight excluding hydrogens is 314 g/mol. The summed E-state index contributed by atoms with van der Waals surface area (Å²) in [6, 6.07) is 0.468. The summed E-state index contributed by atoms with van der Waals surface area (Å²) >= 11 is 0. The maximum absolute atomic E-state index is 4.68. The number of rotatable bonds is 8. The third kappa shape index (κ3) is 6.16. The van der Waals surface area contributed by atoms with Gasteiger partial charge < -0.3 is 20.1 Å². The van der Waals surface area contributed by atoms with Gasteiger partial charge in [0.1, 0.15) is 12.4 Å². The Labute approximate surface area is 151 Å². The molecule has 0 amide bonds. The highest BCUT2D eigenvalue weighted by atomic mass is 15.3. The van der Waals surface area contributed by atoms with Gasteiger partial charge in [0.25, 0.3) is 0 Å². The molecule has 0 bridgehead atoms. The summed E-state index contributed by atoms with van der Waals surface area (Å²) in [5, 5.41) is 15.1. The molecule has 0 spiro atoms. The minimum absolute atomic E-state index is 0.468. The van der Waals surface area contributed by atoms with Gasteiger partial charge in [0.05, 0.1) is 0 Å². The van der Waals surface area contributed by atoms with Gasteiger partial charge in [-0.05, 0) is 32.7 Å². The van der Waals surface area contributed by atoms with Crippen molar-refractivity contribution in [2.45, 2.75) is 52.1 Å². The topological polar surface area (TPSA) is 70.4 Å². The summed E-state index contributed by atoms with van der Waals surface area (Å²) in [6.45, 7) is 12.7. The predicted octanol–water partition coefficient (Wildman–Crippen LogP) is 1.61. The molecule has 0 atom stereocenters. The largest absolute Gasteiger partial charge is 0.354 e. The number of nitrogens with zero attached hydrogens (tertiary/aromatic N) is 5. The summed E-state index contributed by atoms with van der Waals surface area (Å²) < 4.78 is 1.97. The first-order valence-electron chi connectivity index (χ1n) is 9.37. The van der Waals surface area contributed by atoms with Crippen LogP contribution in [-0.4, -0.2) is 57.8 Å². The van der Waals surface area contributed by atoms with Gasteiger partial charge in [-0.3, -0.25) is 0 Å². The molecule has 1 fully saturated rings. The summed E-state index contributed by atoms with van der Waals surface area (Å²) in [7, 11) is 1.97. The highest BCUT2D eigenvalue weighted by Crippen LogP contribution is 2.11. The van der Waals surface area contributed by atoms with E-state index >= 15 is 0 Å². The van der Waals surface area contributed by atoms with Crippen LogP contribution in [0.2, 0.25) is 0 Å². The van der Waals surface area contributed by atoms with Crippen LogP contribution >= 0.6 is 0 Å². The highest BCUT2D eigenvalue weighted by Gasteiger charge is 2.19. The Balaban J connectivity index is 1.88. The number of likely N-dealkylation sites (tertiary alicyclic amines) is 1. The first-order chi connectivity index (χ1) is 12.1. The molecule has 1 aliphatic heterocycles. The highest BCUT2D eigenvalue weighted by molar-refractivity contribution is 5.80. The molecule has 0 aliphatic carbocycles. The maximum Gasteiger partial charge on any atom is 0.192 e. The number of piperidine rings is 1. The molecule has 7 heteroatoms. The van der Waals surface area contributed by atoms with Gasteiger partial charge in [0.2, 0.25) is 0 Å². The van der Waals surface area contributed by atoms with E-state index in [0.717, 1.165) is 43.5 Å². The average Bonchev–Trinajstić information content (AvgIpc) is 2.95. The Morgan fingerprint density at radius 1 is 1.36 bits per heavy atom. The van der Waals surface area contributed by atoms with Crippen LogP contribution in [0, 0.1) is 6.92 Å². The van der Waals surface area contributed by atoms with Gasteiger partial charge in [0, 0.05) is 32.7 Å². The Morgan fingerprint density at radius 3 is 2.72 bits per heavy atom. The van der Waals surface area contributed by atoms with Crippen LogP contribution in [0.3, 0.4) is 0 Å². The van der Waals surface area contributed by atoms with Crippen molar-refractivity contribution < 1.29 is 0 Å². The monoisotopic (exact) mass is 347 g/mol. The van der Waals surface area contributed by atoms with Crippen LogP contribution in [0.15, 0.2) is 17.6 Å². The molecule has 2 heterocycles. The lowest BCUT2D eigenvalue weighted by molar-refractivity contribution is 0.203. The molecule has 0 aromatic carbocycles. The smallest absolute Gasteiger partial charge is 0.192 e. The number of hydrogen-bond donors (Lipinski definition) is 2. The molecule has 1 aromatic rings. The van der Waals surface area contributed by atoms with E-state index in [4.69, 9.17) is 0 Å². The number of guanidine groups is 1. The number of nitrogens with one attached hydrogen (secondary N) is 2. The fourth-order valence-electron chi connectivity index (χ4n) is 2.94. The maximum atomic E-state index is 4.68. The van der Waals surface area contributed by atoms with E-state index in [2.05, 4.69) is 44.2 Å². The predicted molar refractivity (Wildman–Crippen MR) is 103 cm³/mol. The van der Waals surface area contributed by atoms with Crippen molar-refractivity contribution in [1.82, 2.24) is 30.3 Å². The number of aromatic nitrogens is 3. The van der Waals surface area contributed by atoms with Crippen molar-refractivity contribution in [2.75, 3.05) is 26.2 Å². The molecule has 2 N–H and O–H groups in total. The molecule has 140 valence electrons. The molecule has 1 aliphatic rings. The molecule has 0 unspecified atom stereocenters. The Hall–Kier alpha value is -1.89. The van der Waals surface area contributed by atoms with Crippen molar-refractivity contribution in [1.29, 1.82) is 0 Å². The van der Waals surface area contributed by atoms with Crippen molar-refractivity contribution in [2.24, 2.45) is 12.0 Å². The van der Waals surface area contributed by atoms with Gasteiger partial charge in [-0.1, -0.05) is 19.4 Å². The zero-order chi connectivity index (χ0) is 18.1. The van der Waals surface area contributed by atoms with Crippen molar-refractivity contribution in [3.63, 3.8) is 0 Å². The van der Waals surface area contributed by atoms with E-state index < -0.39 is 0 Å². The van der Waals surface area contributed by atoms with Crippen molar-refractivity contribution in [3.8, 4) is 0 Å². The van der Waals surface area contributed by atoms with E-state index in [0.29, 0.717) is 19.1 Å². The van der Waals surface area contributed by atoms with Gasteiger partial charge in [-0.15, -0.1) is 16.8 Å². The van der Waals surface area contributed by atoms with Gasteiger partial charge in [-0.25, -0.2) is 4.99 Å². The van der Waals surface area contributed by atoms with E-state index in [-0.39, 0.29) is 0 Å². The van der Waals surface area contributed by atoms with Gasteiger partial charge in [0.15, 0.2) is 11.8 Å². The summed E-state index contributed by atoms with van der Waals surface area (Å²) in [4.78, 5) is 7.25. The lowest BCUT2D eigenvalue weighted by Gasteiger charge is -2.33. The van der Waals surface area contributed by atoms with Crippen molar-refractivity contribution >= 4 is 5.96 Å². The second kappa shape index (κ2) is 10.2. The number of aliphatic imine (C=N–C) groups is 1.